The summed E-state index contributed by atoms with van der Waals surface area (Å²) < 4.78 is 0. The summed E-state index contributed by atoms with van der Waals surface area (Å²) in [7, 11) is 0. The third kappa shape index (κ3) is 2.81. The van der Waals surface area contributed by atoms with E-state index in [0.717, 1.165) is 16.5 Å². The molecule has 98 valence electrons. The summed E-state index contributed by atoms with van der Waals surface area (Å²) in [6.07, 6.45) is 1.72. The van der Waals surface area contributed by atoms with Crippen molar-refractivity contribution in [3.05, 3.63) is 54.2 Å². The van der Waals surface area contributed by atoms with Crippen LogP contribution in [-0.4, -0.2) is 28.9 Å². The van der Waals surface area contributed by atoms with Gasteiger partial charge in [0.05, 0.1) is 11.1 Å². The van der Waals surface area contributed by atoms with Gasteiger partial charge in [0.2, 0.25) is 0 Å². The number of hydrogen-bond acceptors (Lipinski definition) is 2. The minimum Gasteiger partial charge on any atom is -0.335 e. The third-order valence-corrected chi connectivity index (χ3v) is 2.99. The zero-order valence-electron chi connectivity index (χ0n) is 11.4. The van der Waals surface area contributed by atoms with Crippen molar-refractivity contribution >= 4 is 16.8 Å². The predicted octanol–water partition coefficient (Wildman–Crippen LogP) is 3.27. The van der Waals surface area contributed by atoms with Crippen LogP contribution in [0.5, 0.6) is 0 Å². The van der Waals surface area contributed by atoms with Crippen LogP contribution in [0.25, 0.3) is 10.9 Å². The molecule has 0 aliphatic carbocycles. The molecular formula is C16H18N2O. The van der Waals surface area contributed by atoms with Crippen molar-refractivity contribution in [2.45, 2.75) is 13.8 Å². The van der Waals surface area contributed by atoms with E-state index in [1.54, 1.807) is 11.1 Å². The van der Waals surface area contributed by atoms with E-state index in [0.29, 0.717) is 18.7 Å². The van der Waals surface area contributed by atoms with Crippen LogP contribution in [0, 0.1) is 0 Å². The highest BCUT2D eigenvalue weighted by atomic mass is 16.2. The predicted molar refractivity (Wildman–Crippen MR) is 78.1 cm³/mol. The Morgan fingerprint density at radius 2 is 2.05 bits per heavy atom. The Hall–Kier alpha value is -2.16. The lowest BCUT2D eigenvalue weighted by Gasteiger charge is -2.21. The number of carbonyl (C=O) groups is 1. The molecule has 19 heavy (non-hydrogen) atoms. The lowest BCUT2D eigenvalue weighted by molar-refractivity contribution is 0.0780. The molecule has 0 saturated heterocycles. The van der Waals surface area contributed by atoms with Gasteiger partial charge in [0.15, 0.2) is 0 Å². The number of aromatic nitrogens is 1. The Morgan fingerprint density at radius 1 is 1.32 bits per heavy atom. The van der Waals surface area contributed by atoms with Gasteiger partial charge in [0.1, 0.15) is 0 Å². The van der Waals surface area contributed by atoms with Crippen molar-refractivity contribution < 1.29 is 4.79 Å². The van der Waals surface area contributed by atoms with E-state index >= 15 is 0 Å². The van der Waals surface area contributed by atoms with Crippen LogP contribution in [0.4, 0.5) is 0 Å². The maximum atomic E-state index is 12.6. The summed E-state index contributed by atoms with van der Waals surface area (Å²) >= 11 is 0. The second-order valence-electron chi connectivity index (χ2n) is 4.66. The van der Waals surface area contributed by atoms with Crippen LogP contribution < -0.4 is 0 Å². The molecule has 0 N–H and O–H groups in total. The molecule has 3 nitrogen and oxygen atoms in total. The highest BCUT2D eigenvalue weighted by Crippen LogP contribution is 2.18. The third-order valence-electron chi connectivity index (χ3n) is 2.99. The molecule has 0 fully saturated rings. The van der Waals surface area contributed by atoms with Gasteiger partial charge in [-0.2, -0.15) is 0 Å². The van der Waals surface area contributed by atoms with Gasteiger partial charge >= 0.3 is 0 Å². The second kappa shape index (κ2) is 5.65. The number of fused-ring (bicyclic) bond motifs is 1. The maximum absolute atomic E-state index is 12.6. The van der Waals surface area contributed by atoms with Crippen molar-refractivity contribution in [2.24, 2.45) is 0 Å². The van der Waals surface area contributed by atoms with E-state index in [1.165, 1.54) is 0 Å². The number of pyridine rings is 1. The van der Waals surface area contributed by atoms with E-state index < -0.39 is 0 Å². The molecule has 0 aliphatic heterocycles. The van der Waals surface area contributed by atoms with Crippen LogP contribution in [0.2, 0.25) is 0 Å². The molecule has 3 heteroatoms. The summed E-state index contributed by atoms with van der Waals surface area (Å²) in [5.74, 6) is 0.00907. The number of nitrogens with zero attached hydrogens (tertiary/aromatic N) is 2. The first kappa shape index (κ1) is 13.3. The first-order valence-electron chi connectivity index (χ1n) is 6.41. The summed E-state index contributed by atoms with van der Waals surface area (Å²) in [4.78, 5) is 18.7. The Morgan fingerprint density at radius 3 is 2.74 bits per heavy atom. The Kier molecular flexibility index (Phi) is 3.95. The molecule has 1 heterocycles. The first-order valence-corrected chi connectivity index (χ1v) is 6.41. The lowest BCUT2D eigenvalue weighted by Crippen LogP contribution is -2.32. The number of rotatable bonds is 4. The number of likely N-dealkylation sites (N-methyl/N-ethyl adjacent to an activating group) is 1. The molecule has 0 atom stereocenters. The number of benzene rings is 1. The Labute approximate surface area is 113 Å². The van der Waals surface area contributed by atoms with Crippen LogP contribution >= 0.6 is 0 Å². The standard InChI is InChI=1S/C16H18N2O/c1-4-18(11-12(2)3)16(19)14-9-5-7-13-8-6-10-17-15(13)14/h5-10H,2,4,11H2,1,3H3. The second-order valence-corrected chi connectivity index (χ2v) is 4.66. The van der Waals surface area contributed by atoms with Gasteiger partial charge in [-0.1, -0.05) is 30.4 Å². The fraction of sp³-hybridized carbons (Fsp3) is 0.250. The number of para-hydroxylation sites is 1. The molecule has 1 aromatic heterocycles. The quantitative estimate of drug-likeness (QED) is 0.784. The van der Waals surface area contributed by atoms with Gasteiger partial charge in [-0.05, 0) is 26.0 Å². The molecule has 0 unspecified atom stereocenters. The molecular weight excluding hydrogens is 236 g/mol. The van der Waals surface area contributed by atoms with Crippen LogP contribution in [-0.2, 0) is 0 Å². The van der Waals surface area contributed by atoms with Crippen molar-refractivity contribution in [2.75, 3.05) is 13.1 Å². The van der Waals surface area contributed by atoms with E-state index in [4.69, 9.17) is 0 Å². The van der Waals surface area contributed by atoms with Crippen LogP contribution in [0.15, 0.2) is 48.7 Å². The van der Waals surface area contributed by atoms with Crippen LogP contribution in [0.3, 0.4) is 0 Å². The summed E-state index contributed by atoms with van der Waals surface area (Å²) in [6.45, 7) is 9.01. The molecule has 2 aromatic rings. The molecule has 0 saturated carbocycles. The van der Waals surface area contributed by atoms with Crippen molar-refractivity contribution in [3.63, 3.8) is 0 Å². The van der Waals surface area contributed by atoms with E-state index in [1.807, 2.05) is 44.2 Å². The van der Waals surface area contributed by atoms with Gasteiger partial charge < -0.3 is 4.90 Å². The molecule has 0 aliphatic rings. The van der Waals surface area contributed by atoms with Gasteiger partial charge in [-0.3, -0.25) is 9.78 Å². The number of hydrogen-bond donors (Lipinski definition) is 0. The fourth-order valence-corrected chi connectivity index (χ4v) is 2.10. The smallest absolute Gasteiger partial charge is 0.256 e. The largest absolute Gasteiger partial charge is 0.335 e. The van der Waals surface area contributed by atoms with Crippen molar-refractivity contribution in [3.8, 4) is 0 Å². The highest BCUT2D eigenvalue weighted by Gasteiger charge is 2.17. The minimum absolute atomic E-state index is 0.00907. The van der Waals surface area contributed by atoms with Gasteiger partial charge in [0, 0.05) is 24.7 Å². The zero-order chi connectivity index (χ0) is 13.8. The molecule has 0 radical (unpaired) electrons. The van der Waals surface area contributed by atoms with Gasteiger partial charge in [-0.15, -0.1) is 0 Å². The monoisotopic (exact) mass is 254 g/mol. The normalized spacial score (nSPS) is 10.4. The Bertz CT molecular complexity index is 614. The fourth-order valence-electron chi connectivity index (χ4n) is 2.10. The maximum Gasteiger partial charge on any atom is 0.256 e. The first-order chi connectivity index (χ1) is 9.13. The van der Waals surface area contributed by atoms with Crippen LogP contribution in [0.1, 0.15) is 24.2 Å². The van der Waals surface area contributed by atoms with E-state index in [9.17, 15) is 4.79 Å². The van der Waals surface area contributed by atoms with Crippen molar-refractivity contribution in [1.82, 2.24) is 9.88 Å². The van der Waals surface area contributed by atoms with E-state index in [-0.39, 0.29) is 5.91 Å². The average Bonchev–Trinajstić information content (AvgIpc) is 2.43. The van der Waals surface area contributed by atoms with Gasteiger partial charge in [0.25, 0.3) is 5.91 Å². The van der Waals surface area contributed by atoms with Gasteiger partial charge in [-0.25, -0.2) is 0 Å². The molecule has 0 spiro atoms. The highest BCUT2D eigenvalue weighted by molar-refractivity contribution is 6.05. The SMILES string of the molecule is C=C(C)CN(CC)C(=O)c1cccc2cccnc12. The molecule has 2 rings (SSSR count). The minimum atomic E-state index is 0.00907. The van der Waals surface area contributed by atoms with E-state index in [2.05, 4.69) is 11.6 Å². The lowest BCUT2D eigenvalue weighted by atomic mass is 10.1. The topological polar surface area (TPSA) is 33.2 Å². The Balaban J connectivity index is 2.43. The number of amides is 1. The molecule has 1 aromatic carbocycles. The summed E-state index contributed by atoms with van der Waals surface area (Å²) in [6, 6.07) is 9.54. The van der Waals surface area contributed by atoms with Crippen molar-refractivity contribution in [1.29, 1.82) is 0 Å². The summed E-state index contributed by atoms with van der Waals surface area (Å²) in [5.41, 5.74) is 2.39. The molecule has 0 bridgehead atoms. The molecule has 1 amide bonds. The zero-order valence-corrected chi connectivity index (χ0v) is 11.4. The number of carbonyl (C=O) groups excluding carboxylic acids is 1. The average molecular weight is 254 g/mol. The summed E-state index contributed by atoms with van der Waals surface area (Å²) in [5, 5.41) is 0.986.